The number of ether oxygens (including phenoxy) is 2. The summed E-state index contributed by atoms with van der Waals surface area (Å²) in [5.74, 6) is 1.94. The van der Waals surface area contributed by atoms with Crippen LogP contribution in [0.1, 0.15) is 12.0 Å². The number of imide groups is 1. The third kappa shape index (κ3) is 2.33. The van der Waals surface area contributed by atoms with Gasteiger partial charge in [-0.05, 0) is 52.1 Å². The highest BCUT2D eigenvalue weighted by Gasteiger charge is 2.67. The van der Waals surface area contributed by atoms with E-state index in [1.165, 1.54) is 6.21 Å². The van der Waals surface area contributed by atoms with Crippen molar-refractivity contribution in [1.29, 1.82) is 0 Å². The van der Waals surface area contributed by atoms with Crippen LogP contribution in [0.15, 0.2) is 33.9 Å². The molecule has 0 aromatic heterocycles. The normalized spacial score (nSPS) is 35.6. The van der Waals surface area contributed by atoms with E-state index in [0.717, 1.165) is 15.9 Å². The number of hydrazone groups is 1. The van der Waals surface area contributed by atoms with E-state index in [2.05, 4.69) is 33.2 Å². The Balaban J connectivity index is 1.45. The molecule has 2 bridgehead atoms. The van der Waals surface area contributed by atoms with Gasteiger partial charge in [-0.3, -0.25) is 9.59 Å². The highest BCUT2D eigenvalue weighted by atomic mass is 79.9. The van der Waals surface area contributed by atoms with Gasteiger partial charge in [0.2, 0.25) is 0 Å². The van der Waals surface area contributed by atoms with E-state index in [4.69, 9.17) is 9.47 Å². The Labute approximate surface area is 165 Å². The summed E-state index contributed by atoms with van der Waals surface area (Å²) in [6, 6.07) is 3.52. The van der Waals surface area contributed by atoms with Crippen molar-refractivity contribution in [3.8, 4) is 11.5 Å². The molecule has 6 nitrogen and oxygen atoms in total. The summed E-state index contributed by atoms with van der Waals surface area (Å²) in [6.45, 7) is 0. The molecule has 7 heteroatoms. The molecule has 0 unspecified atom stereocenters. The summed E-state index contributed by atoms with van der Waals surface area (Å²) in [5, 5.41) is 5.34. The third-order valence-corrected chi connectivity index (χ3v) is 7.08. The molecule has 0 N–H and O–H groups in total. The topological polar surface area (TPSA) is 68.2 Å². The monoisotopic (exact) mass is 430 g/mol. The number of methoxy groups -OCH3 is 2. The molecule has 1 aromatic rings. The predicted molar refractivity (Wildman–Crippen MR) is 101 cm³/mol. The molecule has 6 atom stereocenters. The van der Waals surface area contributed by atoms with Crippen molar-refractivity contribution >= 4 is 34.0 Å². The Bertz CT molecular complexity index is 875. The van der Waals surface area contributed by atoms with Gasteiger partial charge in [0.05, 0.1) is 36.7 Å². The van der Waals surface area contributed by atoms with Gasteiger partial charge in [0.25, 0.3) is 11.8 Å². The smallest absolute Gasteiger partial charge is 0.254 e. The van der Waals surface area contributed by atoms with Crippen molar-refractivity contribution in [3.63, 3.8) is 0 Å². The molecule has 1 heterocycles. The summed E-state index contributed by atoms with van der Waals surface area (Å²) in [6.07, 6.45) is 6.96. The summed E-state index contributed by atoms with van der Waals surface area (Å²) in [7, 11) is 3.12. The minimum atomic E-state index is -0.238. The van der Waals surface area contributed by atoms with E-state index in [-0.39, 0.29) is 35.5 Å². The van der Waals surface area contributed by atoms with Crippen molar-refractivity contribution in [1.82, 2.24) is 5.01 Å². The SMILES string of the molecule is COc1cc(OC)c(/C=N\N2C(=O)[C@H]3[C@@H]4C=C[C@H]([C@@H]5C[C@H]45)[C@@H]3C2=O)cc1Br. The number of halogens is 1. The van der Waals surface area contributed by atoms with Crippen molar-refractivity contribution in [2.75, 3.05) is 14.2 Å². The molecule has 1 aliphatic heterocycles. The van der Waals surface area contributed by atoms with Crippen LogP contribution in [0.4, 0.5) is 0 Å². The molecule has 140 valence electrons. The predicted octanol–water partition coefficient (Wildman–Crippen LogP) is 2.85. The molecule has 5 aliphatic rings. The van der Waals surface area contributed by atoms with Gasteiger partial charge in [-0.15, -0.1) is 0 Å². The molecule has 2 saturated carbocycles. The third-order valence-electron chi connectivity index (χ3n) is 6.46. The van der Waals surface area contributed by atoms with Gasteiger partial charge in [-0.25, -0.2) is 0 Å². The molecule has 4 aliphatic carbocycles. The number of allylic oxidation sites excluding steroid dienone is 2. The summed E-state index contributed by atoms with van der Waals surface area (Å²) < 4.78 is 11.4. The first-order valence-corrected chi connectivity index (χ1v) is 9.86. The largest absolute Gasteiger partial charge is 0.496 e. The summed E-state index contributed by atoms with van der Waals surface area (Å²) >= 11 is 3.44. The van der Waals surface area contributed by atoms with E-state index in [0.29, 0.717) is 28.9 Å². The molecule has 1 saturated heterocycles. The minimum absolute atomic E-state index is 0.169. The van der Waals surface area contributed by atoms with Crippen LogP contribution in [0.2, 0.25) is 0 Å². The van der Waals surface area contributed by atoms with Crippen molar-refractivity contribution in [2.45, 2.75) is 6.42 Å². The van der Waals surface area contributed by atoms with Gasteiger partial charge >= 0.3 is 0 Å². The molecule has 27 heavy (non-hydrogen) atoms. The molecular formula is C20H19BrN2O4. The molecule has 3 fully saturated rings. The molecule has 1 aromatic carbocycles. The van der Waals surface area contributed by atoms with E-state index < -0.39 is 0 Å². The summed E-state index contributed by atoms with van der Waals surface area (Å²) in [5.41, 5.74) is 0.657. The maximum atomic E-state index is 12.9. The lowest BCUT2D eigenvalue weighted by atomic mass is 9.63. The van der Waals surface area contributed by atoms with Crippen LogP contribution in [0.5, 0.6) is 11.5 Å². The molecule has 0 spiro atoms. The van der Waals surface area contributed by atoms with Crippen LogP contribution >= 0.6 is 15.9 Å². The lowest BCUT2D eigenvalue weighted by Gasteiger charge is -2.37. The number of rotatable bonds is 4. The van der Waals surface area contributed by atoms with Crippen LogP contribution in [0.25, 0.3) is 0 Å². The van der Waals surface area contributed by atoms with Crippen molar-refractivity contribution in [2.24, 2.45) is 40.6 Å². The zero-order chi connectivity index (χ0) is 18.9. The fourth-order valence-corrected chi connectivity index (χ4v) is 5.68. The quantitative estimate of drug-likeness (QED) is 0.418. The molecule has 6 rings (SSSR count). The van der Waals surface area contributed by atoms with Crippen LogP contribution in [-0.2, 0) is 9.59 Å². The van der Waals surface area contributed by atoms with Gasteiger partial charge in [-0.1, -0.05) is 12.2 Å². The zero-order valence-corrected chi connectivity index (χ0v) is 16.5. The second kappa shape index (κ2) is 5.92. The van der Waals surface area contributed by atoms with Gasteiger partial charge in [0.1, 0.15) is 11.5 Å². The van der Waals surface area contributed by atoms with Crippen LogP contribution in [0, 0.1) is 35.5 Å². The molecule has 0 radical (unpaired) electrons. The highest BCUT2D eigenvalue weighted by molar-refractivity contribution is 9.10. The van der Waals surface area contributed by atoms with Gasteiger partial charge in [0.15, 0.2) is 0 Å². The first-order valence-electron chi connectivity index (χ1n) is 9.06. The van der Waals surface area contributed by atoms with Crippen molar-refractivity contribution < 1.29 is 19.1 Å². The maximum Gasteiger partial charge on any atom is 0.254 e. The fourth-order valence-electron chi connectivity index (χ4n) is 5.16. The number of amides is 2. The van der Waals surface area contributed by atoms with Crippen LogP contribution in [0.3, 0.4) is 0 Å². The lowest BCUT2D eigenvalue weighted by Crippen LogP contribution is -2.40. The Morgan fingerprint density at radius 3 is 2.19 bits per heavy atom. The number of hydrogen-bond acceptors (Lipinski definition) is 5. The Kier molecular flexibility index (Phi) is 3.73. The second-order valence-electron chi connectivity index (χ2n) is 7.62. The number of benzene rings is 1. The average Bonchev–Trinajstić information content (AvgIpc) is 3.45. The Morgan fingerprint density at radius 1 is 1.04 bits per heavy atom. The summed E-state index contributed by atoms with van der Waals surface area (Å²) in [4.78, 5) is 25.9. The Morgan fingerprint density at radius 2 is 1.63 bits per heavy atom. The lowest BCUT2D eigenvalue weighted by molar-refractivity contribution is -0.140. The van der Waals surface area contributed by atoms with Gasteiger partial charge < -0.3 is 9.47 Å². The standard InChI is InChI=1S/C20H19BrN2O4/c1-26-15-7-16(27-2)14(21)5-9(15)8-22-23-19(24)17-10-3-4-11(13-6-12(10)13)18(17)20(23)25/h3-5,7-8,10-13,17-18H,6H2,1-2H3/b22-8-/t10-,11-,12-,13+,17+,18+/m1/s1. The van der Waals surface area contributed by atoms with Gasteiger partial charge in [-0.2, -0.15) is 10.1 Å². The van der Waals surface area contributed by atoms with Crippen LogP contribution in [-0.4, -0.2) is 37.3 Å². The number of nitrogens with zero attached hydrogens (tertiary/aromatic N) is 2. The Hall–Kier alpha value is -2.15. The minimum Gasteiger partial charge on any atom is -0.496 e. The van der Waals surface area contributed by atoms with Crippen molar-refractivity contribution in [3.05, 3.63) is 34.3 Å². The fraction of sp³-hybridized carbons (Fsp3) is 0.450. The van der Waals surface area contributed by atoms with E-state index >= 15 is 0 Å². The van der Waals surface area contributed by atoms with Crippen LogP contribution < -0.4 is 9.47 Å². The van der Waals surface area contributed by atoms with E-state index in [1.54, 1.807) is 26.4 Å². The maximum absolute atomic E-state index is 12.9. The van der Waals surface area contributed by atoms with Gasteiger partial charge in [0, 0.05) is 11.6 Å². The highest BCUT2D eigenvalue weighted by Crippen LogP contribution is 2.65. The second-order valence-corrected chi connectivity index (χ2v) is 8.47. The number of carbonyl (C=O) groups excluding carboxylic acids is 2. The number of hydrogen-bond donors (Lipinski definition) is 0. The first kappa shape index (κ1) is 17.0. The number of carbonyl (C=O) groups is 2. The molecular weight excluding hydrogens is 412 g/mol. The first-order chi connectivity index (χ1) is 13.0. The average molecular weight is 431 g/mol. The van der Waals surface area contributed by atoms with E-state index in [9.17, 15) is 9.59 Å². The zero-order valence-electron chi connectivity index (χ0n) is 15.0. The molecule has 2 amide bonds. The van der Waals surface area contributed by atoms with E-state index in [1.807, 2.05) is 0 Å².